The number of methoxy groups -OCH3 is 1. The van der Waals surface area contributed by atoms with Crippen molar-refractivity contribution in [2.45, 2.75) is 6.10 Å². The number of benzene rings is 2. The second-order valence-corrected chi connectivity index (χ2v) is 4.18. The third-order valence-electron chi connectivity index (χ3n) is 3.10. The van der Waals surface area contributed by atoms with E-state index in [0.29, 0.717) is 11.3 Å². The first-order valence-electron chi connectivity index (χ1n) is 5.78. The van der Waals surface area contributed by atoms with Gasteiger partial charge in [-0.2, -0.15) is 0 Å². The van der Waals surface area contributed by atoms with Crippen molar-refractivity contribution < 1.29 is 19.1 Å². The van der Waals surface area contributed by atoms with Crippen LogP contribution in [0.2, 0.25) is 0 Å². The van der Waals surface area contributed by atoms with E-state index < -0.39 is 18.1 Å². The van der Waals surface area contributed by atoms with Crippen LogP contribution in [0.4, 0.5) is 4.79 Å². The fourth-order valence-corrected chi connectivity index (χ4v) is 2.27. The summed E-state index contributed by atoms with van der Waals surface area (Å²) in [6.07, 6.45) is -1.70. The van der Waals surface area contributed by atoms with E-state index in [1.165, 1.54) is 7.11 Å². The maximum absolute atomic E-state index is 11.8. The summed E-state index contributed by atoms with van der Waals surface area (Å²) in [4.78, 5) is 23.0. The molecular formula is C14H11NO4. The molecule has 0 radical (unpaired) electrons. The Balaban J connectivity index is 2.25. The average molecular weight is 257 g/mol. The van der Waals surface area contributed by atoms with Crippen LogP contribution >= 0.6 is 0 Å². The van der Waals surface area contributed by atoms with E-state index in [9.17, 15) is 9.59 Å². The predicted molar refractivity (Wildman–Crippen MR) is 67.9 cm³/mol. The van der Waals surface area contributed by atoms with Crippen molar-refractivity contribution >= 4 is 22.8 Å². The van der Waals surface area contributed by atoms with Crippen molar-refractivity contribution in [3.63, 3.8) is 0 Å². The molecule has 0 spiro atoms. The third kappa shape index (κ3) is 1.79. The molecular weight excluding hydrogens is 246 g/mol. The van der Waals surface area contributed by atoms with E-state index in [2.05, 4.69) is 5.32 Å². The van der Waals surface area contributed by atoms with Crippen LogP contribution in [-0.2, 0) is 9.53 Å². The van der Waals surface area contributed by atoms with E-state index in [1.807, 2.05) is 30.3 Å². The van der Waals surface area contributed by atoms with Crippen molar-refractivity contribution in [3.8, 4) is 5.75 Å². The van der Waals surface area contributed by atoms with Gasteiger partial charge >= 0.3 is 6.09 Å². The zero-order valence-corrected chi connectivity index (χ0v) is 10.2. The molecule has 0 bridgehead atoms. The molecule has 2 amide bonds. The molecule has 1 aliphatic rings. The van der Waals surface area contributed by atoms with Crippen LogP contribution in [0, 0.1) is 0 Å². The SMILES string of the molecule is COc1ccc2ccccc2c1[C@H]1OC(=O)NC1=O. The van der Waals surface area contributed by atoms with Gasteiger partial charge in [-0.3, -0.25) is 10.1 Å². The molecule has 0 aliphatic carbocycles. The highest BCUT2D eigenvalue weighted by atomic mass is 16.6. The fourth-order valence-electron chi connectivity index (χ4n) is 2.27. The average Bonchev–Trinajstić information content (AvgIpc) is 2.76. The second-order valence-electron chi connectivity index (χ2n) is 4.18. The Morgan fingerprint density at radius 3 is 2.63 bits per heavy atom. The van der Waals surface area contributed by atoms with Gasteiger partial charge in [-0.1, -0.05) is 30.3 Å². The van der Waals surface area contributed by atoms with E-state index in [4.69, 9.17) is 9.47 Å². The van der Waals surface area contributed by atoms with Crippen LogP contribution in [-0.4, -0.2) is 19.1 Å². The Hall–Kier alpha value is -2.56. The Morgan fingerprint density at radius 1 is 1.16 bits per heavy atom. The lowest BCUT2D eigenvalue weighted by Crippen LogP contribution is -2.20. The Morgan fingerprint density at radius 2 is 1.95 bits per heavy atom. The summed E-state index contributed by atoms with van der Waals surface area (Å²) in [7, 11) is 1.52. The number of carbonyl (C=O) groups excluding carboxylic acids is 2. The van der Waals surface area contributed by atoms with Gasteiger partial charge in [0.15, 0.2) is 0 Å². The van der Waals surface area contributed by atoms with Crippen molar-refractivity contribution in [2.24, 2.45) is 0 Å². The van der Waals surface area contributed by atoms with E-state index >= 15 is 0 Å². The molecule has 1 fully saturated rings. The molecule has 0 unspecified atom stereocenters. The van der Waals surface area contributed by atoms with Gasteiger partial charge in [-0.25, -0.2) is 4.79 Å². The van der Waals surface area contributed by atoms with Crippen LogP contribution in [0.5, 0.6) is 5.75 Å². The maximum atomic E-state index is 11.8. The summed E-state index contributed by atoms with van der Waals surface area (Å²) >= 11 is 0. The highest BCUT2D eigenvalue weighted by molar-refractivity contribution is 6.03. The summed E-state index contributed by atoms with van der Waals surface area (Å²) in [6.45, 7) is 0. The first-order chi connectivity index (χ1) is 9.20. The van der Waals surface area contributed by atoms with Crippen molar-refractivity contribution in [1.82, 2.24) is 5.32 Å². The minimum atomic E-state index is -0.964. The molecule has 19 heavy (non-hydrogen) atoms. The second kappa shape index (κ2) is 4.28. The van der Waals surface area contributed by atoms with Crippen LogP contribution < -0.4 is 10.1 Å². The highest BCUT2D eigenvalue weighted by Crippen LogP contribution is 2.36. The number of hydrogen-bond acceptors (Lipinski definition) is 4. The quantitative estimate of drug-likeness (QED) is 0.895. The van der Waals surface area contributed by atoms with Gasteiger partial charge in [0.1, 0.15) is 5.75 Å². The number of rotatable bonds is 2. The van der Waals surface area contributed by atoms with Gasteiger partial charge in [0.2, 0.25) is 6.10 Å². The molecule has 5 heteroatoms. The van der Waals surface area contributed by atoms with Crippen LogP contribution in [0.1, 0.15) is 11.7 Å². The minimum absolute atomic E-state index is 0.473. The number of fused-ring (bicyclic) bond motifs is 1. The molecule has 5 nitrogen and oxygen atoms in total. The smallest absolute Gasteiger partial charge is 0.415 e. The highest BCUT2D eigenvalue weighted by Gasteiger charge is 2.36. The van der Waals surface area contributed by atoms with Crippen molar-refractivity contribution in [2.75, 3.05) is 7.11 Å². The number of carbonyl (C=O) groups is 2. The summed E-state index contributed by atoms with van der Waals surface area (Å²) in [5.74, 6) is 0.0493. The molecule has 96 valence electrons. The van der Waals surface area contributed by atoms with E-state index in [0.717, 1.165) is 10.8 Å². The Kier molecular flexibility index (Phi) is 2.59. The van der Waals surface area contributed by atoms with E-state index in [-0.39, 0.29) is 0 Å². The predicted octanol–water partition coefficient (Wildman–Crippen LogP) is 2.16. The first-order valence-corrected chi connectivity index (χ1v) is 5.78. The number of ether oxygens (including phenoxy) is 2. The van der Waals surface area contributed by atoms with Gasteiger partial charge < -0.3 is 9.47 Å². The lowest BCUT2D eigenvalue weighted by molar-refractivity contribution is -0.123. The Labute approximate surface area is 109 Å². The topological polar surface area (TPSA) is 64.6 Å². The summed E-state index contributed by atoms with van der Waals surface area (Å²) in [5.41, 5.74) is 0.573. The zero-order valence-electron chi connectivity index (χ0n) is 10.2. The minimum Gasteiger partial charge on any atom is -0.496 e. The molecule has 0 aromatic heterocycles. The van der Waals surface area contributed by atoms with Gasteiger partial charge in [0, 0.05) is 0 Å². The number of alkyl carbamates (subject to hydrolysis) is 1. The van der Waals surface area contributed by atoms with Gasteiger partial charge in [0.05, 0.1) is 12.7 Å². The lowest BCUT2D eigenvalue weighted by Gasteiger charge is -2.14. The molecule has 1 N–H and O–H groups in total. The van der Waals surface area contributed by atoms with Crippen LogP contribution in [0.15, 0.2) is 36.4 Å². The molecule has 2 aromatic rings. The Bertz CT molecular complexity index is 680. The molecule has 0 saturated carbocycles. The lowest BCUT2D eigenvalue weighted by atomic mass is 9.99. The van der Waals surface area contributed by atoms with Gasteiger partial charge in [-0.05, 0) is 16.8 Å². The first kappa shape index (κ1) is 11.5. The summed E-state index contributed by atoms with van der Waals surface area (Å²) < 4.78 is 10.3. The van der Waals surface area contributed by atoms with Gasteiger partial charge in [0.25, 0.3) is 5.91 Å². The normalized spacial score (nSPS) is 18.3. The van der Waals surface area contributed by atoms with Crippen molar-refractivity contribution in [3.05, 3.63) is 42.0 Å². The summed E-state index contributed by atoms with van der Waals surface area (Å²) in [6, 6.07) is 11.2. The molecule has 1 saturated heterocycles. The van der Waals surface area contributed by atoms with Crippen molar-refractivity contribution in [1.29, 1.82) is 0 Å². The number of imide groups is 1. The monoisotopic (exact) mass is 257 g/mol. The zero-order chi connectivity index (χ0) is 13.4. The number of amides is 2. The number of nitrogens with one attached hydrogen (secondary N) is 1. The molecule has 1 aliphatic heterocycles. The number of cyclic esters (lactones) is 1. The standard InChI is InChI=1S/C14H11NO4/c1-18-10-7-6-8-4-2-3-5-9(8)11(10)12-13(16)15-14(17)19-12/h2-7,12H,1H3,(H,15,16,17)/t12-/m1/s1. The van der Waals surface area contributed by atoms with Crippen LogP contribution in [0.3, 0.4) is 0 Å². The van der Waals surface area contributed by atoms with Crippen LogP contribution in [0.25, 0.3) is 10.8 Å². The summed E-state index contributed by atoms with van der Waals surface area (Å²) in [5, 5.41) is 3.91. The molecule has 1 heterocycles. The van der Waals surface area contributed by atoms with E-state index in [1.54, 1.807) is 6.07 Å². The fraction of sp³-hybridized carbons (Fsp3) is 0.143. The number of hydrogen-bond donors (Lipinski definition) is 1. The molecule has 1 atom stereocenters. The third-order valence-corrected chi connectivity index (χ3v) is 3.10. The maximum Gasteiger partial charge on any atom is 0.415 e. The largest absolute Gasteiger partial charge is 0.496 e. The van der Waals surface area contributed by atoms with Gasteiger partial charge in [-0.15, -0.1) is 0 Å². The molecule has 3 rings (SSSR count). The molecule has 2 aromatic carbocycles.